The molecule has 1 heteroatoms. The van der Waals surface area contributed by atoms with E-state index in [0.717, 1.165) is 24.2 Å². The fourth-order valence-corrected chi connectivity index (χ4v) is 1.86. The zero-order valence-corrected chi connectivity index (χ0v) is 11.1. The fraction of sp³-hybridized carbons (Fsp3) is 0.500. The van der Waals surface area contributed by atoms with Gasteiger partial charge in [0, 0.05) is 5.56 Å². The lowest BCUT2D eigenvalue weighted by molar-refractivity contribution is 0.150. The summed E-state index contributed by atoms with van der Waals surface area (Å²) in [5.74, 6) is 0.800. The smallest absolute Gasteiger partial charge is 0.119 e. The van der Waals surface area contributed by atoms with E-state index in [1.54, 1.807) is 0 Å². The van der Waals surface area contributed by atoms with Gasteiger partial charge in [-0.1, -0.05) is 63.6 Å². The van der Waals surface area contributed by atoms with Crippen molar-refractivity contribution < 1.29 is 4.74 Å². The van der Waals surface area contributed by atoms with E-state index in [0.29, 0.717) is 6.10 Å². The normalized spacial score (nSPS) is 12.1. The summed E-state index contributed by atoms with van der Waals surface area (Å²) >= 11 is 0. The summed E-state index contributed by atoms with van der Waals surface area (Å²) in [4.78, 5) is 0. The van der Waals surface area contributed by atoms with Gasteiger partial charge in [0.25, 0.3) is 0 Å². The minimum Gasteiger partial charge on any atom is -0.490 e. The van der Waals surface area contributed by atoms with Gasteiger partial charge in [0.1, 0.15) is 5.76 Å². The van der Waals surface area contributed by atoms with Crippen molar-refractivity contribution in [1.29, 1.82) is 0 Å². The van der Waals surface area contributed by atoms with Crippen molar-refractivity contribution in [3.8, 4) is 0 Å². The van der Waals surface area contributed by atoms with Gasteiger partial charge in [0.2, 0.25) is 0 Å². The monoisotopic (exact) mass is 232 g/mol. The van der Waals surface area contributed by atoms with Crippen molar-refractivity contribution in [3.63, 3.8) is 0 Å². The molecule has 1 atom stereocenters. The molecule has 0 amide bonds. The number of hydrogen-bond donors (Lipinski definition) is 0. The molecule has 0 saturated heterocycles. The van der Waals surface area contributed by atoms with Crippen LogP contribution in [-0.2, 0) is 4.74 Å². The SMILES string of the molecule is C=C(OC(CC)CCCCC)c1ccccc1. The lowest BCUT2D eigenvalue weighted by atomic mass is 10.1. The Morgan fingerprint density at radius 1 is 1.18 bits per heavy atom. The molecule has 1 nitrogen and oxygen atoms in total. The number of unbranched alkanes of at least 4 members (excludes halogenated alkanes) is 2. The van der Waals surface area contributed by atoms with Crippen LogP contribution in [0.25, 0.3) is 5.76 Å². The van der Waals surface area contributed by atoms with E-state index in [2.05, 4.69) is 20.4 Å². The molecule has 94 valence electrons. The number of ether oxygens (including phenoxy) is 1. The third-order valence-electron chi connectivity index (χ3n) is 2.99. The molecule has 0 fully saturated rings. The molecule has 0 saturated carbocycles. The van der Waals surface area contributed by atoms with Crippen molar-refractivity contribution in [2.24, 2.45) is 0 Å². The average molecular weight is 232 g/mol. The molecule has 1 unspecified atom stereocenters. The summed E-state index contributed by atoms with van der Waals surface area (Å²) in [5, 5.41) is 0. The van der Waals surface area contributed by atoms with E-state index in [1.807, 2.05) is 30.3 Å². The molecular weight excluding hydrogens is 208 g/mol. The first-order valence-electron chi connectivity index (χ1n) is 6.68. The third-order valence-corrected chi connectivity index (χ3v) is 2.99. The Morgan fingerprint density at radius 2 is 1.88 bits per heavy atom. The minimum atomic E-state index is 0.314. The van der Waals surface area contributed by atoms with Crippen molar-refractivity contribution in [3.05, 3.63) is 42.5 Å². The van der Waals surface area contributed by atoms with Gasteiger partial charge in [-0.05, 0) is 19.3 Å². The summed E-state index contributed by atoms with van der Waals surface area (Å²) in [7, 11) is 0. The van der Waals surface area contributed by atoms with Crippen molar-refractivity contribution in [2.75, 3.05) is 0 Å². The lowest BCUT2D eigenvalue weighted by Crippen LogP contribution is -2.10. The molecule has 1 aromatic carbocycles. The van der Waals surface area contributed by atoms with Crippen LogP contribution in [0.5, 0.6) is 0 Å². The van der Waals surface area contributed by atoms with Gasteiger partial charge < -0.3 is 4.74 Å². The standard InChI is InChI=1S/C16H24O/c1-4-6-8-13-16(5-2)17-14(3)15-11-9-7-10-12-15/h7,9-12,16H,3-6,8,13H2,1-2H3. The predicted molar refractivity (Wildman–Crippen MR) is 74.8 cm³/mol. The van der Waals surface area contributed by atoms with Crippen LogP contribution in [0.3, 0.4) is 0 Å². The molecule has 0 N–H and O–H groups in total. The minimum absolute atomic E-state index is 0.314. The Bertz CT molecular complexity index is 316. The molecule has 0 radical (unpaired) electrons. The molecule has 0 spiro atoms. The Kier molecular flexibility index (Phi) is 6.46. The van der Waals surface area contributed by atoms with Gasteiger partial charge in [0.15, 0.2) is 0 Å². The van der Waals surface area contributed by atoms with E-state index in [4.69, 9.17) is 4.74 Å². The molecular formula is C16H24O. The fourth-order valence-electron chi connectivity index (χ4n) is 1.86. The molecule has 1 aromatic rings. The van der Waals surface area contributed by atoms with Crippen LogP contribution in [-0.4, -0.2) is 6.10 Å². The Hall–Kier alpha value is -1.24. The van der Waals surface area contributed by atoms with Crippen molar-refractivity contribution >= 4 is 5.76 Å². The van der Waals surface area contributed by atoms with E-state index in [-0.39, 0.29) is 0 Å². The summed E-state index contributed by atoms with van der Waals surface area (Å²) in [5.41, 5.74) is 1.08. The molecule has 0 heterocycles. The van der Waals surface area contributed by atoms with Crippen LogP contribution in [0.15, 0.2) is 36.9 Å². The highest BCUT2D eigenvalue weighted by Crippen LogP contribution is 2.19. The van der Waals surface area contributed by atoms with Gasteiger partial charge >= 0.3 is 0 Å². The summed E-state index contributed by atoms with van der Waals surface area (Å²) in [6.07, 6.45) is 6.30. The van der Waals surface area contributed by atoms with Gasteiger partial charge in [0.05, 0.1) is 6.10 Å². The zero-order chi connectivity index (χ0) is 12.5. The quantitative estimate of drug-likeness (QED) is 0.451. The van der Waals surface area contributed by atoms with E-state index < -0.39 is 0 Å². The Morgan fingerprint density at radius 3 is 2.47 bits per heavy atom. The topological polar surface area (TPSA) is 9.23 Å². The van der Waals surface area contributed by atoms with Crippen LogP contribution in [0.1, 0.15) is 51.5 Å². The second-order valence-corrected chi connectivity index (χ2v) is 4.43. The molecule has 0 bridgehead atoms. The highest BCUT2D eigenvalue weighted by Gasteiger charge is 2.09. The van der Waals surface area contributed by atoms with E-state index >= 15 is 0 Å². The van der Waals surface area contributed by atoms with Crippen LogP contribution in [0.4, 0.5) is 0 Å². The highest BCUT2D eigenvalue weighted by molar-refractivity contribution is 5.57. The van der Waals surface area contributed by atoms with Gasteiger partial charge in [-0.3, -0.25) is 0 Å². The second kappa shape index (κ2) is 7.94. The summed E-state index contributed by atoms with van der Waals surface area (Å²) in [6.45, 7) is 8.42. The number of benzene rings is 1. The summed E-state index contributed by atoms with van der Waals surface area (Å²) < 4.78 is 5.94. The lowest BCUT2D eigenvalue weighted by Gasteiger charge is -2.19. The van der Waals surface area contributed by atoms with E-state index in [1.165, 1.54) is 19.3 Å². The Labute approximate surface area is 106 Å². The number of hydrogen-bond acceptors (Lipinski definition) is 1. The second-order valence-electron chi connectivity index (χ2n) is 4.43. The maximum Gasteiger partial charge on any atom is 0.119 e. The van der Waals surface area contributed by atoms with E-state index in [9.17, 15) is 0 Å². The molecule has 1 rings (SSSR count). The van der Waals surface area contributed by atoms with Gasteiger partial charge in [-0.25, -0.2) is 0 Å². The first-order valence-corrected chi connectivity index (χ1v) is 6.68. The van der Waals surface area contributed by atoms with Crippen LogP contribution in [0, 0.1) is 0 Å². The molecule has 0 aliphatic rings. The van der Waals surface area contributed by atoms with Crippen LogP contribution < -0.4 is 0 Å². The summed E-state index contributed by atoms with van der Waals surface area (Å²) in [6, 6.07) is 10.1. The van der Waals surface area contributed by atoms with Crippen molar-refractivity contribution in [2.45, 2.75) is 52.1 Å². The van der Waals surface area contributed by atoms with Crippen LogP contribution in [0.2, 0.25) is 0 Å². The maximum absolute atomic E-state index is 5.94. The largest absolute Gasteiger partial charge is 0.490 e. The zero-order valence-electron chi connectivity index (χ0n) is 11.1. The van der Waals surface area contributed by atoms with Crippen LogP contribution >= 0.6 is 0 Å². The van der Waals surface area contributed by atoms with Gasteiger partial charge in [-0.2, -0.15) is 0 Å². The first kappa shape index (κ1) is 13.8. The predicted octanol–water partition coefficient (Wildman–Crippen LogP) is 5.03. The molecule has 0 aliphatic heterocycles. The third kappa shape index (κ3) is 5.08. The molecule has 0 aromatic heterocycles. The molecule has 17 heavy (non-hydrogen) atoms. The average Bonchev–Trinajstić information content (AvgIpc) is 2.38. The molecule has 0 aliphatic carbocycles. The maximum atomic E-state index is 5.94. The Balaban J connectivity index is 2.42. The van der Waals surface area contributed by atoms with Gasteiger partial charge in [-0.15, -0.1) is 0 Å². The first-order chi connectivity index (χ1) is 8.27. The number of rotatable bonds is 8. The highest BCUT2D eigenvalue weighted by atomic mass is 16.5. The van der Waals surface area contributed by atoms with Crippen molar-refractivity contribution in [1.82, 2.24) is 0 Å².